The molecule has 1 N–H and O–H groups in total. The zero-order valence-electron chi connectivity index (χ0n) is 10.6. The molecule has 3 aliphatic rings. The fourth-order valence-corrected chi connectivity index (χ4v) is 6.85. The van der Waals surface area contributed by atoms with Crippen molar-refractivity contribution >= 4 is 23.5 Å². The molecule has 3 rings (SSSR count). The number of fused-ring (bicyclic) bond motifs is 1. The molecule has 2 aliphatic heterocycles. The van der Waals surface area contributed by atoms with Crippen LogP contribution in [0.1, 0.15) is 33.6 Å². The predicted octanol–water partition coefficient (Wildman–Crippen LogP) is 2.23. The van der Waals surface area contributed by atoms with Gasteiger partial charge in [0, 0.05) is 24.3 Å². The van der Waals surface area contributed by atoms with Crippen molar-refractivity contribution in [1.82, 2.24) is 0 Å². The van der Waals surface area contributed by atoms with E-state index in [1.165, 1.54) is 11.5 Å². The Morgan fingerprint density at radius 3 is 2.41 bits per heavy atom. The molecule has 1 aliphatic carbocycles. The van der Waals surface area contributed by atoms with E-state index in [-0.39, 0.29) is 16.3 Å². The predicted molar refractivity (Wildman–Crippen MR) is 71.3 cm³/mol. The van der Waals surface area contributed by atoms with E-state index in [0.717, 1.165) is 12.8 Å². The Kier molecular flexibility index (Phi) is 2.81. The molecule has 0 aromatic rings. The molecule has 17 heavy (non-hydrogen) atoms. The van der Waals surface area contributed by atoms with Crippen LogP contribution in [0, 0.1) is 0 Å². The first-order chi connectivity index (χ1) is 7.82. The van der Waals surface area contributed by atoms with Crippen molar-refractivity contribution in [2.75, 3.05) is 11.5 Å². The quantitative estimate of drug-likeness (QED) is 0.734. The van der Waals surface area contributed by atoms with Gasteiger partial charge in [0.15, 0.2) is 5.79 Å². The normalized spacial score (nSPS) is 47.3. The molecule has 3 fully saturated rings. The van der Waals surface area contributed by atoms with Gasteiger partial charge in [0.1, 0.15) is 6.10 Å². The van der Waals surface area contributed by atoms with Gasteiger partial charge in [-0.25, -0.2) is 0 Å². The molecule has 0 aromatic heterocycles. The van der Waals surface area contributed by atoms with Gasteiger partial charge < -0.3 is 14.6 Å². The second-order valence-electron chi connectivity index (χ2n) is 5.94. The minimum atomic E-state index is -0.777. The number of ether oxygens (including phenoxy) is 2. The number of hydrogen-bond donors (Lipinski definition) is 1. The van der Waals surface area contributed by atoms with Crippen molar-refractivity contribution in [3.8, 4) is 0 Å². The Morgan fingerprint density at radius 1 is 1.12 bits per heavy atom. The topological polar surface area (TPSA) is 38.7 Å². The van der Waals surface area contributed by atoms with Gasteiger partial charge in [-0.3, -0.25) is 0 Å². The van der Waals surface area contributed by atoms with E-state index >= 15 is 0 Å². The maximum atomic E-state index is 10.7. The molecule has 0 unspecified atom stereocenters. The Bertz CT molecular complexity index is 324. The highest BCUT2D eigenvalue weighted by molar-refractivity contribution is 8.21. The van der Waals surface area contributed by atoms with E-state index in [4.69, 9.17) is 9.47 Å². The van der Waals surface area contributed by atoms with Crippen molar-refractivity contribution < 1.29 is 14.6 Å². The minimum absolute atomic E-state index is 0.0341. The van der Waals surface area contributed by atoms with Crippen molar-refractivity contribution in [3.05, 3.63) is 0 Å². The number of thioether (sulfide) groups is 2. The van der Waals surface area contributed by atoms with E-state index in [1.54, 1.807) is 0 Å². The van der Waals surface area contributed by atoms with E-state index in [1.807, 2.05) is 44.3 Å². The van der Waals surface area contributed by atoms with Crippen LogP contribution < -0.4 is 0 Å². The average Bonchev–Trinajstić information content (AvgIpc) is 2.69. The molecule has 0 bridgehead atoms. The highest BCUT2D eigenvalue weighted by atomic mass is 32.2. The lowest BCUT2D eigenvalue weighted by atomic mass is 9.81. The van der Waals surface area contributed by atoms with Crippen LogP contribution in [-0.2, 0) is 9.47 Å². The van der Waals surface area contributed by atoms with Gasteiger partial charge >= 0.3 is 0 Å². The van der Waals surface area contributed by atoms with E-state index in [9.17, 15) is 5.11 Å². The Labute approximate surface area is 111 Å². The van der Waals surface area contributed by atoms with Crippen molar-refractivity contribution in [1.29, 1.82) is 0 Å². The molecule has 0 aromatic carbocycles. The highest BCUT2D eigenvalue weighted by Gasteiger charge is 2.59. The Balaban J connectivity index is 1.87. The first kappa shape index (κ1) is 12.6. The fourth-order valence-electron chi connectivity index (χ4n) is 3.25. The summed E-state index contributed by atoms with van der Waals surface area (Å²) in [5, 5.41) is 10.7. The van der Waals surface area contributed by atoms with Gasteiger partial charge in [-0.15, -0.1) is 23.5 Å². The summed E-state index contributed by atoms with van der Waals surface area (Å²) in [6, 6.07) is 0. The van der Waals surface area contributed by atoms with Gasteiger partial charge in [0.25, 0.3) is 0 Å². The van der Waals surface area contributed by atoms with Crippen LogP contribution in [0.25, 0.3) is 0 Å². The van der Waals surface area contributed by atoms with Gasteiger partial charge in [-0.1, -0.05) is 0 Å². The number of hydrogen-bond acceptors (Lipinski definition) is 5. The summed E-state index contributed by atoms with van der Waals surface area (Å²) in [5.74, 6) is 1.81. The zero-order chi connectivity index (χ0) is 12.3. The summed E-state index contributed by atoms with van der Waals surface area (Å²) >= 11 is 3.97. The van der Waals surface area contributed by atoms with Crippen LogP contribution in [0.2, 0.25) is 0 Å². The first-order valence-corrected chi connectivity index (χ1v) is 8.15. The maximum Gasteiger partial charge on any atom is 0.163 e. The second kappa shape index (κ2) is 3.79. The third-order valence-corrected chi connectivity index (χ3v) is 7.21. The zero-order valence-corrected chi connectivity index (χ0v) is 12.2. The standard InChI is InChI=1S/C12H20O3S2/c1-10(2)14-8-6-12(16-4-5-17-12)7-11(3,13)9(8)15-10/h8-9,13H,4-7H2,1-3H3/t8-,9-,11+/m1/s1. The van der Waals surface area contributed by atoms with Crippen molar-refractivity contribution in [2.45, 2.75) is 61.3 Å². The third-order valence-electron chi connectivity index (χ3n) is 3.75. The first-order valence-electron chi connectivity index (χ1n) is 6.18. The van der Waals surface area contributed by atoms with E-state index < -0.39 is 11.4 Å². The second-order valence-corrected chi connectivity index (χ2v) is 9.16. The maximum absolute atomic E-state index is 10.7. The summed E-state index contributed by atoms with van der Waals surface area (Å²) in [7, 11) is 0. The molecule has 98 valence electrons. The average molecular weight is 276 g/mol. The Morgan fingerprint density at radius 2 is 1.76 bits per heavy atom. The molecule has 5 heteroatoms. The fraction of sp³-hybridized carbons (Fsp3) is 1.00. The van der Waals surface area contributed by atoms with Crippen LogP contribution >= 0.6 is 23.5 Å². The monoisotopic (exact) mass is 276 g/mol. The molecular weight excluding hydrogens is 256 g/mol. The highest BCUT2D eigenvalue weighted by Crippen LogP contribution is 2.58. The van der Waals surface area contributed by atoms with Gasteiger partial charge in [-0.05, 0) is 20.8 Å². The smallest absolute Gasteiger partial charge is 0.163 e. The molecule has 2 saturated heterocycles. The molecule has 1 saturated carbocycles. The molecule has 3 atom stereocenters. The molecule has 2 heterocycles. The number of rotatable bonds is 0. The van der Waals surface area contributed by atoms with Crippen molar-refractivity contribution in [2.24, 2.45) is 0 Å². The van der Waals surface area contributed by atoms with Crippen molar-refractivity contribution in [3.63, 3.8) is 0 Å². The summed E-state index contributed by atoms with van der Waals surface area (Å²) < 4.78 is 12.0. The van der Waals surface area contributed by atoms with Crippen LogP contribution in [-0.4, -0.2) is 44.3 Å². The summed E-state index contributed by atoms with van der Waals surface area (Å²) in [6.07, 6.45) is 1.65. The van der Waals surface area contributed by atoms with Crippen LogP contribution in [0.4, 0.5) is 0 Å². The van der Waals surface area contributed by atoms with Gasteiger partial charge in [0.2, 0.25) is 0 Å². The van der Waals surface area contributed by atoms with Crippen LogP contribution in [0.5, 0.6) is 0 Å². The number of aliphatic hydroxyl groups is 1. The van der Waals surface area contributed by atoms with E-state index in [2.05, 4.69) is 0 Å². The van der Waals surface area contributed by atoms with E-state index in [0.29, 0.717) is 0 Å². The minimum Gasteiger partial charge on any atom is -0.387 e. The summed E-state index contributed by atoms with van der Waals surface area (Å²) in [4.78, 5) is 0. The molecule has 3 nitrogen and oxygen atoms in total. The summed E-state index contributed by atoms with van der Waals surface area (Å²) in [5.41, 5.74) is -0.777. The lowest BCUT2D eigenvalue weighted by molar-refractivity contribution is -0.167. The summed E-state index contributed by atoms with van der Waals surface area (Å²) in [6.45, 7) is 5.77. The molecule has 0 amide bonds. The SMILES string of the molecule is CC1(C)O[C@@H]2[C@@H](CC3(C[C@]2(C)O)SCCS3)O1. The lowest BCUT2D eigenvalue weighted by Crippen LogP contribution is -2.55. The van der Waals surface area contributed by atoms with Crippen LogP contribution in [0.15, 0.2) is 0 Å². The largest absolute Gasteiger partial charge is 0.387 e. The molecular formula is C12H20O3S2. The third kappa shape index (κ3) is 2.14. The molecule has 1 spiro atoms. The molecule has 0 radical (unpaired) electrons. The van der Waals surface area contributed by atoms with Gasteiger partial charge in [0.05, 0.1) is 15.8 Å². The lowest BCUT2D eigenvalue weighted by Gasteiger charge is -2.45. The Hall–Kier alpha value is 0.580. The van der Waals surface area contributed by atoms with Crippen LogP contribution in [0.3, 0.4) is 0 Å². The van der Waals surface area contributed by atoms with Gasteiger partial charge in [-0.2, -0.15) is 0 Å².